The standard InChI is InChI=1S/C13H18O3/c1-16-13(15)4-2-3-11-5-7-12(8-6-11)9-10-14/h5-8,14H,2-4,9-10H2,1H3. The van der Waals surface area contributed by atoms with Gasteiger partial charge >= 0.3 is 5.97 Å². The summed E-state index contributed by atoms with van der Waals surface area (Å²) >= 11 is 0. The zero-order valence-corrected chi connectivity index (χ0v) is 9.61. The number of esters is 1. The Morgan fingerprint density at radius 3 is 2.25 bits per heavy atom. The highest BCUT2D eigenvalue weighted by molar-refractivity contribution is 5.69. The maximum Gasteiger partial charge on any atom is 0.305 e. The van der Waals surface area contributed by atoms with E-state index in [-0.39, 0.29) is 12.6 Å². The lowest BCUT2D eigenvalue weighted by atomic mass is 10.0. The van der Waals surface area contributed by atoms with Crippen molar-refractivity contribution >= 4 is 5.97 Å². The summed E-state index contributed by atoms with van der Waals surface area (Å²) < 4.78 is 4.57. The first-order chi connectivity index (χ1) is 7.76. The molecule has 88 valence electrons. The fourth-order valence-corrected chi connectivity index (χ4v) is 1.54. The molecule has 0 amide bonds. The van der Waals surface area contributed by atoms with Gasteiger partial charge in [-0.15, -0.1) is 0 Å². The van der Waals surface area contributed by atoms with Gasteiger partial charge in [0.05, 0.1) is 7.11 Å². The van der Waals surface area contributed by atoms with Crippen molar-refractivity contribution in [3.8, 4) is 0 Å². The summed E-state index contributed by atoms with van der Waals surface area (Å²) in [6.45, 7) is 0.182. The third kappa shape index (κ3) is 4.45. The summed E-state index contributed by atoms with van der Waals surface area (Å²) in [5, 5.41) is 8.77. The van der Waals surface area contributed by atoms with E-state index in [2.05, 4.69) is 4.74 Å². The van der Waals surface area contributed by atoms with E-state index >= 15 is 0 Å². The minimum atomic E-state index is -0.156. The van der Waals surface area contributed by atoms with Gasteiger partial charge in [0.15, 0.2) is 0 Å². The van der Waals surface area contributed by atoms with E-state index in [1.807, 2.05) is 24.3 Å². The molecule has 0 unspecified atom stereocenters. The smallest absolute Gasteiger partial charge is 0.305 e. The molecule has 1 aromatic rings. The maximum atomic E-state index is 10.9. The molecule has 0 fully saturated rings. The van der Waals surface area contributed by atoms with Gasteiger partial charge in [0.25, 0.3) is 0 Å². The molecule has 16 heavy (non-hydrogen) atoms. The van der Waals surface area contributed by atoms with Crippen molar-refractivity contribution in [3.05, 3.63) is 35.4 Å². The van der Waals surface area contributed by atoms with Crippen LogP contribution in [0.5, 0.6) is 0 Å². The summed E-state index contributed by atoms with van der Waals surface area (Å²) in [5.74, 6) is -0.156. The number of hydrogen-bond acceptors (Lipinski definition) is 3. The molecule has 0 saturated carbocycles. The summed E-state index contributed by atoms with van der Waals surface area (Å²) in [6, 6.07) is 8.12. The lowest BCUT2D eigenvalue weighted by Gasteiger charge is -2.03. The number of aryl methyl sites for hydroxylation is 1. The van der Waals surface area contributed by atoms with Crippen LogP contribution < -0.4 is 0 Å². The van der Waals surface area contributed by atoms with E-state index in [0.717, 1.165) is 18.4 Å². The highest BCUT2D eigenvalue weighted by Gasteiger charge is 2.00. The van der Waals surface area contributed by atoms with Gasteiger partial charge in [0.1, 0.15) is 0 Å². The van der Waals surface area contributed by atoms with Crippen molar-refractivity contribution in [2.24, 2.45) is 0 Å². The molecular formula is C13H18O3. The molecular weight excluding hydrogens is 204 g/mol. The van der Waals surface area contributed by atoms with E-state index in [0.29, 0.717) is 12.8 Å². The monoisotopic (exact) mass is 222 g/mol. The third-order valence-electron chi connectivity index (χ3n) is 2.50. The number of benzene rings is 1. The van der Waals surface area contributed by atoms with Crippen LogP contribution in [0.4, 0.5) is 0 Å². The average molecular weight is 222 g/mol. The molecule has 0 atom stereocenters. The van der Waals surface area contributed by atoms with Crippen LogP contribution in [0.1, 0.15) is 24.0 Å². The van der Waals surface area contributed by atoms with Crippen LogP contribution in [-0.4, -0.2) is 24.8 Å². The van der Waals surface area contributed by atoms with E-state index in [4.69, 9.17) is 5.11 Å². The van der Waals surface area contributed by atoms with Gasteiger partial charge in [0.2, 0.25) is 0 Å². The molecule has 1 aromatic carbocycles. The Balaban J connectivity index is 2.34. The number of hydrogen-bond donors (Lipinski definition) is 1. The average Bonchev–Trinajstić information content (AvgIpc) is 2.31. The van der Waals surface area contributed by atoms with Crippen molar-refractivity contribution < 1.29 is 14.6 Å². The zero-order chi connectivity index (χ0) is 11.8. The van der Waals surface area contributed by atoms with Crippen molar-refractivity contribution in [2.75, 3.05) is 13.7 Å². The Kier molecular flexibility index (Phi) is 5.57. The quantitative estimate of drug-likeness (QED) is 0.745. The minimum absolute atomic E-state index is 0.156. The van der Waals surface area contributed by atoms with Gasteiger partial charge in [-0.2, -0.15) is 0 Å². The highest BCUT2D eigenvalue weighted by atomic mass is 16.5. The predicted molar refractivity (Wildman–Crippen MR) is 62.2 cm³/mol. The first kappa shape index (κ1) is 12.7. The zero-order valence-electron chi connectivity index (χ0n) is 9.61. The molecule has 0 aromatic heterocycles. The number of methoxy groups -OCH3 is 1. The van der Waals surface area contributed by atoms with Crippen LogP contribution in [0.2, 0.25) is 0 Å². The Hall–Kier alpha value is -1.35. The van der Waals surface area contributed by atoms with Crippen molar-refractivity contribution in [2.45, 2.75) is 25.7 Å². The second-order valence-corrected chi connectivity index (χ2v) is 3.72. The fourth-order valence-electron chi connectivity index (χ4n) is 1.54. The second kappa shape index (κ2) is 7.01. The predicted octanol–water partition coefficient (Wildman–Crippen LogP) is 1.72. The summed E-state index contributed by atoms with van der Waals surface area (Å²) in [7, 11) is 1.41. The lowest BCUT2D eigenvalue weighted by molar-refractivity contribution is -0.140. The molecule has 0 heterocycles. The molecule has 0 aliphatic heterocycles. The fraction of sp³-hybridized carbons (Fsp3) is 0.462. The van der Waals surface area contributed by atoms with E-state index in [9.17, 15) is 4.79 Å². The van der Waals surface area contributed by atoms with E-state index < -0.39 is 0 Å². The van der Waals surface area contributed by atoms with E-state index in [1.165, 1.54) is 12.7 Å². The Morgan fingerprint density at radius 2 is 1.75 bits per heavy atom. The number of aliphatic hydroxyl groups excluding tert-OH is 1. The van der Waals surface area contributed by atoms with Gasteiger partial charge in [-0.05, 0) is 30.4 Å². The second-order valence-electron chi connectivity index (χ2n) is 3.72. The molecule has 0 radical (unpaired) electrons. The summed E-state index contributed by atoms with van der Waals surface area (Å²) in [5.41, 5.74) is 2.35. The number of ether oxygens (including phenoxy) is 1. The van der Waals surface area contributed by atoms with Gasteiger partial charge in [0, 0.05) is 13.0 Å². The molecule has 3 nitrogen and oxygen atoms in total. The van der Waals surface area contributed by atoms with Gasteiger partial charge in [-0.3, -0.25) is 4.79 Å². The minimum Gasteiger partial charge on any atom is -0.469 e. The molecule has 3 heteroatoms. The largest absolute Gasteiger partial charge is 0.469 e. The van der Waals surface area contributed by atoms with Gasteiger partial charge in [-0.1, -0.05) is 24.3 Å². The van der Waals surface area contributed by atoms with Crippen LogP contribution in [0.25, 0.3) is 0 Å². The van der Waals surface area contributed by atoms with E-state index in [1.54, 1.807) is 0 Å². The molecule has 0 aliphatic carbocycles. The Labute approximate surface area is 96.1 Å². The summed E-state index contributed by atoms with van der Waals surface area (Å²) in [6.07, 6.45) is 2.86. The molecule has 1 N–H and O–H groups in total. The van der Waals surface area contributed by atoms with Crippen LogP contribution in [0.3, 0.4) is 0 Å². The normalized spacial score (nSPS) is 10.1. The van der Waals surface area contributed by atoms with Crippen LogP contribution in [0, 0.1) is 0 Å². The molecule has 0 saturated heterocycles. The van der Waals surface area contributed by atoms with Crippen LogP contribution >= 0.6 is 0 Å². The van der Waals surface area contributed by atoms with Crippen LogP contribution in [0.15, 0.2) is 24.3 Å². The molecule has 0 aliphatic rings. The lowest BCUT2D eigenvalue weighted by Crippen LogP contribution is -2.00. The van der Waals surface area contributed by atoms with Crippen molar-refractivity contribution in [1.82, 2.24) is 0 Å². The maximum absolute atomic E-state index is 10.9. The Bertz CT molecular complexity index is 316. The SMILES string of the molecule is COC(=O)CCCc1ccc(CCO)cc1. The molecule has 0 bridgehead atoms. The van der Waals surface area contributed by atoms with Crippen LogP contribution in [-0.2, 0) is 22.4 Å². The number of carbonyl (C=O) groups is 1. The first-order valence-electron chi connectivity index (χ1n) is 5.51. The third-order valence-corrected chi connectivity index (χ3v) is 2.50. The van der Waals surface area contributed by atoms with Gasteiger partial charge < -0.3 is 9.84 Å². The number of carbonyl (C=O) groups excluding carboxylic acids is 1. The topological polar surface area (TPSA) is 46.5 Å². The molecule has 0 spiro atoms. The first-order valence-corrected chi connectivity index (χ1v) is 5.51. The van der Waals surface area contributed by atoms with Crippen molar-refractivity contribution in [3.63, 3.8) is 0 Å². The number of rotatable bonds is 6. The van der Waals surface area contributed by atoms with Crippen molar-refractivity contribution in [1.29, 1.82) is 0 Å². The molecule has 1 rings (SSSR count). The van der Waals surface area contributed by atoms with Gasteiger partial charge in [-0.25, -0.2) is 0 Å². The number of aliphatic hydroxyl groups is 1. The highest BCUT2D eigenvalue weighted by Crippen LogP contribution is 2.08. The summed E-state index contributed by atoms with van der Waals surface area (Å²) in [4.78, 5) is 10.9. The Morgan fingerprint density at radius 1 is 1.19 bits per heavy atom.